The van der Waals surface area contributed by atoms with Crippen molar-refractivity contribution in [2.75, 3.05) is 38.6 Å². The highest BCUT2D eigenvalue weighted by Crippen LogP contribution is 2.17. The minimum atomic E-state index is -0.466. The Morgan fingerprint density at radius 3 is 2.25 bits per heavy atom. The summed E-state index contributed by atoms with van der Waals surface area (Å²) in [5, 5.41) is 13.8. The summed E-state index contributed by atoms with van der Waals surface area (Å²) in [7, 11) is 4.03. The van der Waals surface area contributed by atoms with Crippen molar-refractivity contribution in [3.63, 3.8) is 0 Å². The number of hydrogen-bond acceptors (Lipinski definition) is 4. The van der Waals surface area contributed by atoms with Crippen LogP contribution in [0.5, 0.6) is 0 Å². The van der Waals surface area contributed by atoms with Crippen molar-refractivity contribution in [3.8, 4) is 0 Å². The van der Waals surface area contributed by atoms with Gasteiger partial charge in [-0.25, -0.2) is 0 Å². The topological polar surface area (TPSA) is 79.9 Å². The maximum Gasteiger partial charge on any atom is 0.269 e. The fourth-order valence-electron chi connectivity index (χ4n) is 3.71. The van der Waals surface area contributed by atoms with E-state index in [1.165, 1.54) is 47.6 Å². The number of nitro benzene ring substituents is 1. The van der Waals surface area contributed by atoms with E-state index in [0.717, 1.165) is 18.8 Å². The molecule has 1 heterocycles. The number of anilines is 1. The summed E-state index contributed by atoms with van der Waals surface area (Å²) < 4.78 is 0. The predicted molar refractivity (Wildman–Crippen MR) is 109 cm³/mol. The van der Waals surface area contributed by atoms with E-state index in [-0.39, 0.29) is 17.6 Å². The first-order chi connectivity index (χ1) is 13.5. The summed E-state index contributed by atoms with van der Waals surface area (Å²) >= 11 is 0. The molecule has 148 valence electrons. The van der Waals surface area contributed by atoms with Crippen LogP contribution in [0.2, 0.25) is 0 Å². The Hall–Kier alpha value is -2.93. The number of rotatable bonds is 7. The van der Waals surface area contributed by atoms with E-state index >= 15 is 0 Å². The Labute approximate surface area is 165 Å². The number of nitrogens with zero attached hydrogens (tertiary/aromatic N) is 2. The molecule has 0 saturated carbocycles. The zero-order valence-electron chi connectivity index (χ0n) is 16.4. The third-order valence-corrected chi connectivity index (χ3v) is 5.36. The molecule has 1 saturated heterocycles. The van der Waals surface area contributed by atoms with Crippen LogP contribution in [0.3, 0.4) is 0 Å². The van der Waals surface area contributed by atoms with Crippen LogP contribution in [0, 0.1) is 10.1 Å². The van der Waals surface area contributed by atoms with Crippen LogP contribution >= 0.6 is 0 Å². The predicted octanol–water partition coefficient (Wildman–Crippen LogP) is 1.81. The monoisotopic (exact) mass is 383 g/mol. The van der Waals surface area contributed by atoms with E-state index in [2.05, 4.69) is 34.5 Å². The number of non-ortho nitro benzene ring substituents is 1. The molecule has 0 unspecified atom stereocenters. The highest BCUT2D eigenvalue weighted by atomic mass is 16.6. The van der Waals surface area contributed by atoms with Gasteiger partial charge in [-0.15, -0.1) is 0 Å². The Balaban J connectivity index is 1.70. The second-order valence-electron chi connectivity index (χ2n) is 7.42. The average Bonchev–Trinajstić information content (AvgIpc) is 3.23. The van der Waals surface area contributed by atoms with E-state index in [1.54, 1.807) is 0 Å². The summed E-state index contributed by atoms with van der Waals surface area (Å²) in [6, 6.07) is 14.4. The van der Waals surface area contributed by atoms with Gasteiger partial charge in [-0.05, 0) is 24.3 Å². The molecule has 0 aliphatic carbocycles. The maximum absolute atomic E-state index is 12.5. The van der Waals surface area contributed by atoms with Crippen molar-refractivity contribution < 1.29 is 14.6 Å². The van der Waals surface area contributed by atoms with Gasteiger partial charge in [-0.1, -0.05) is 12.1 Å². The highest BCUT2D eigenvalue weighted by molar-refractivity contribution is 5.94. The lowest BCUT2D eigenvalue weighted by Crippen LogP contribution is -3.11. The summed E-state index contributed by atoms with van der Waals surface area (Å²) in [6.45, 7) is 2.74. The third-order valence-electron chi connectivity index (χ3n) is 5.36. The first-order valence-electron chi connectivity index (χ1n) is 9.60. The standard InChI is InChI=1S/C21H26N4O3/c1-23(2)18-9-5-16(6-10-18)20(24-13-3-4-14-24)15-22-21(26)17-7-11-19(12-8-17)25(27)28/h5-12,20H,3-4,13-15H2,1-2H3,(H,22,26)/p+1/t20-/m0/s1. The molecule has 1 aliphatic rings. The minimum Gasteiger partial charge on any atom is -0.378 e. The smallest absolute Gasteiger partial charge is 0.269 e. The molecule has 7 nitrogen and oxygen atoms in total. The molecular weight excluding hydrogens is 356 g/mol. The third kappa shape index (κ3) is 4.67. The number of likely N-dealkylation sites (tertiary alicyclic amines) is 1. The van der Waals surface area contributed by atoms with E-state index in [9.17, 15) is 14.9 Å². The second kappa shape index (κ2) is 8.84. The zero-order valence-corrected chi connectivity index (χ0v) is 16.4. The van der Waals surface area contributed by atoms with Gasteiger partial charge >= 0.3 is 0 Å². The zero-order chi connectivity index (χ0) is 20.1. The molecule has 1 aliphatic heterocycles. The fraction of sp³-hybridized carbons (Fsp3) is 0.381. The molecular formula is C21H27N4O3+. The van der Waals surface area contributed by atoms with Crippen molar-refractivity contribution in [3.05, 3.63) is 69.8 Å². The molecule has 2 aromatic carbocycles. The molecule has 0 spiro atoms. The lowest BCUT2D eigenvalue weighted by molar-refractivity contribution is -0.918. The summed E-state index contributed by atoms with van der Waals surface area (Å²) in [6.07, 6.45) is 2.41. The fourth-order valence-corrected chi connectivity index (χ4v) is 3.71. The number of carbonyl (C=O) groups is 1. The van der Waals surface area contributed by atoms with Crippen LogP contribution in [0.25, 0.3) is 0 Å². The van der Waals surface area contributed by atoms with Gasteiger partial charge in [0.05, 0.1) is 24.6 Å². The molecule has 2 aromatic rings. The maximum atomic E-state index is 12.5. The van der Waals surface area contributed by atoms with Crippen molar-refractivity contribution in [1.29, 1.82) is 0 Å². The number of nitrogens with one attached hydrogen (secondary N) is 2. The Kier molecular flexibility index (Phi) is 6.26. The van der Waals surface area contributed by atoms with E-state index in [0.29, 0.717) is 12.1 Å². The molecule has 3 rings (SSSR count). The Bertz CT molecular complexity index is 813. The van der Waals surface area contributed by atoms with Gasteiger partial charge in [-0.2, -0.15) is 0 Å². The number of amides is 1. The molecule has 1 amide bonds. The summed E-state index contributed by atoms with van der Waals surface area (Å²) in [4.78, 5) is 26.4. The first-order valence-corrected chi connectivity index (χ1v) is 9.60. The molecule has 0 bridgehead atoms. The van der Waals surface area contributed by atoms with Crippen molar-refractivity contribution in [2.24, 2.45) is 0 Å². The molecule has 7 heteroatoms. The van der Waals surface area contributed by atoms with Gasteiger partial charge in [0.25, 0.3) is 11.6 Å². The van der Waals surface area contributed by atoms with Crippen LogP contribution in [-0.4, -0.2) is 44.6 Å². The molecule has 0 aromatic heterocycles. The molecule has 1 fully saturated rings. The van der Waals surface area contributed by atoms with Crippen LogP contribution in [0.4, 0.5) is 11.4 Å². The molecule has 2 N–H and O–H groups in total. The van der Waals surface area contributed by atoms with Gasteiger partial charge in [0, 0.05) is 55.9 Å². The van der Waals surface area contributed by atoms with Gasteiger partial charge in [0.1, 0.15) is 6.04 Å². The SMILES string of the molecule is CN(C)c1ccc([C@H](CNC(=O)c2ccc([N+](=O)[O-])cc2)[NH+]2CCCC2)cc1. The summed E-state index contributed by atoms with van der Waals surface area (Å²) in [5.41, 5.74) is 2.78. The van der Waals surface area contributed by atoms with Crippen LogP contribution in [-0.2, 0) is 0 Å². The van der Waals surface area contributed by atoms with E-state index in [4.69, 9.17) is 0 Å². The van der Waals surface area contributed by atoms with Crippen molar-refractivity contribution in [2.45, 2.75) is 18.9 Å². The number of benzene rings is 2. The quantitative estimate of drug-likeness (QED) is 0.565. The van der Waals surface area contributed by atoms with E-state index in [1.807, 2.05) is 14.1 Å². The lowest BCUT2D eigenvalue weighted by atomic mass is 10.0. The van der Waals surface area contributed by atoms with Crippen LogP contribution < -0.4 is 15.1 Å². The second-order valence-corrected chi connectivity index (χ2v) is 7.42. The first kappa shape index (κ1) is 19.8. The summed E-state index contributed by atoms with van der Waals surface area (Å²) in [5.74, 6) is -0.205. The largest absolute Gasteiger partial charge is 0.378 e. The van der Waals surface area contributed by atoms with Gasteiger partial charge in [-0.3, -0.25) is 14.9 Å². The van der Waals surface area contributed by atoms with E-state index < -0.39 is 4.92 Å². The number of nitro groups is 1. The van der Waals surface area contributed by atoms with Gasteiger partial charge in [0.2, 0.25) is 0 Å². The number of hydrogen-bond donors (Lipinski definition) is 2. The Morgan fingerprint density at radius 2 is 1.71 bits per heavy atom. The van der Waals surface area contributed by atoms with Crippen molar-refractivity contribution in [1.82, 2.24) is 5.32 Å². The average molecular weight is 383 g/mol. The number of carbonyl (C=O) groups excluding carboxylic acids is 1. The number of quaternary nitrogens is 1. The minimum absolute atomic E-state index is 0.0167. The van der Waals surface area contributed by atoms with Crippen molar-refractivity contribution >= 4 is 17.3 Å². The lowest BCUT2D eigenvalue weighted by Gasteiger charge is -2.26. The Morgan fingerprint density at radius 1 is 1.11 bits per heavy atom. The van der Waals surface area contributed by atoms with Crippen LogP contribution in [0.1, 0.15) is 34.8 Å². The van der Waals surface area contributed by atoms with Crippen LogP contribution in [0.15, 0.2) is 48.5 Å². The molecule has 0 radical (unpaired) electrons. The highest BCUT2D eigenvalue weighted by Gasteiger charge is 2.28. The van der Waals surface area contributed by atoms with Gasteiger partial charge in [0.15, 0.2) is 0 Å². The molecule has 1 atom stereocenters. The normalized spacial score (nSPS) is 15.2. The van der Waals surface area contributed by atoms with Gasteiger partial charge < -0.3 is 15.1 Å². The molecule has 28 heavy (non-hydrogen) atoms.